The van der Waals surface area contributed by atoms with Gasteiger partial charge in [0.2, 0.25) is 5.95 Å². The normalized spacial score (nSPS) is 15.2. The molecule has 3 heterocycles. The molecule has 0 unspecified atom stereocenters. The molecule has 0 amide bonds. The minimum atomic E-state index is -0.374. The summed E-state index contributed by atoms with van der Waals surface area (Å²) in [5, 5.41) is 3.93. The molecule has 0 aromatic carbocycles. The molecule has 1 N–H and O–H groups in total. The third-order valence-corrected chi connectivity index (χ3v) is 5.23. The molecule has 2 aromatic heterocycles. The van der Waals surface area contributed by atoms with Crippen molar-refractivity contribution in [2.45, 2.75) is 13.8 Å². The Bertz CT molecular complexity index is 791. The van der Waals surface area contributed by atoms with E-state index in [9.17, 15) is 4.79 Å². The summed E-state index contributed by atoms with van der Waals surface area (Å²) in [4.78, 5) is 30.0. The number of aryl methyl sites for hydroxylation is 1. The van der Waals surface area contributed by atoms with Gasteiger partial charge in [-0.3, -0.25) is 5.32 Å². The van der Waals surface area contributed by atoms with Crippen LogP contribution in [-0.2, 0) is 4.74 Å². The van der Waals surface area contributed by atoms with E-state index in [-0.39, 0.29) is 5.97 Å². The first kappa shape index (κ1) is 18.8. The highest BCUT2D eigenvalue weighted by Crippen LogP contribution is 2.27. The van der Waals surface area contributed by atoms with Crippen molar-refractivity contribution >= 4 is 45.8 Å². The number of aromatic nitrogens is 3. The van der Waals surface area contributed by atoms with E-state index in [1.54, 1.807) is 19.9 Å². The lowest BCUT2D eigenvalue weighted by molar-refractivity contribution is 0.0531. The number of piperazine rings is 1. The van der Waals surface area contributed by atoms with Gasteiger partial charge >= 0.3 is 5.97 Å². The minimum Gasteiger partial charge on any atom is -0.462 e. The van der Waals surface area contributed by atoms with Crippen molar-refractivity contribution in [2.24, 2.45) is 0 Å². The Labute approximate surface area is 161 Å². The van der Waals surface area contributed by atoms with Crippen LogP contribution < -0.4 is 10.2 Å². The zero-order chi connectivity index (χ0) is 18.7. The molecular formula is C16H21ClN6O2S. The van der Waals surface area contributed by atoms with Crippen LogP contribution in [0.2, 0.25) is 5.15 Å². The van der Waals surface area contributed by atoms with Gasteiger partial charge in [0.05, 0.1) is 12.3 Å². The first-order valence-electron chi connectivity index (χ1n) is 8.36. The average molecular weight is 397 g/mol. The van der Waals surface area contributed by atoms with E-state index in [2.05, 4.69) is 37.1 Å². The first-order chi connectivity index (χ1) is 12.5. The summed E-state index contributed by atoms with van der Waals surface area (Å²) < 4.78 is 5.04. The molecule has 1 fully saturated rings. The van der Waals surface area contributed by atoms with Crippen molar-refractivity contribution in [2.75, 3.05) is 50.1 Å². The van der Waals surface area contributed by atoms with Gasteiger partial charge in [-0.1, -0.05) is 22.9 Å². The maximum Gasteiger partial charge on any atom is 0.350 e. The highest BCUT2D eigenvalue weighted by molar-refractivity contribution is 7.17. The number of nitrogens with one attached hydrogen (secondary N) is 1. The van der Waals surface area contributed by atoms with Gasteiger partial charge in [0.15, 0.2) is 5.13 Å². The lowest BCUT2D eigenvalue weighted by atomic mass is 10.3. The molecule has 8 nitrogen and oxygen atoms in total. The zero-order valence-electron chi connectivity index (χ0n) is 15.0. The van der Waals surface area contributed by atoms with Crippen LogP contribution in [-0.4, -0.2) is 65.7 Å². The third kappa shape index (κ3) is 4.40. The summed E-state index contributed by atoms with van der Waals surface area (Å²) >= 11 is 7.38. The summed E-state index contributed by atoms with van der Waals surface area (Å²) in [5.74, 6) is 0.760. The molecule has 2 aromatic rings. The second kappa shape index (κ2) is 8.15. The molecule has 1 saturated heterocycles. The monoisotopic (exact) mass is 396 g/mol. The number of nitrogens with zero attached hydrogens (tertiary/aromatic N) is 5. The standard InChI is InChI=1S/C16H21ClN6O2S/c1-4-25-14(24)13-10(2)18-16(26-13)21-15-19-11(17)9-12(20-15)23-7-5-22(3)6-8-23/h9H,4-8H2,1-3H3,(H,18,19,20,21). The number of carbonyl (C=O) groups excluding carboxylic acids is 1. The Balaban J connectivity index is 1.78. The number of hydrogen-bond acceptors (Lipinski definition) is 9. The minimum absolute atomic E-state index is 0.324. The van der Waals surface area contributed by atoms with Crippen LogP contribution in [0.4, 0.5) is 16.9 Å². The molecule has 26 heavy (non-hydrogen) atoms. The van der Waals surface area contributed by atoms with Crippen LogP contribution >= 0.6 is 22.9 Å². The van der Waals surface area contributed by atoms with Crippen LogP contribution in [0.3, 0.4) is 0 Å². The van der Waals surface area contributed by atoms with Crippen LogP contribution in [0.1, 0.15) is 22.3 Å². The number of esters is 1. The second-order valence-corrected chi connectivity index (χ2v) is 7.33. The van der Waals surface area contributed by atoms with Gasteiger partial charge in [0.1, 0.15) is 15.8 Å². The molecule has 0 spiro atoms. The summed E-state index contributed by atoms with van der Waals surface area (Å²) in [7, 11) is 2.10. The fourth-order valence-electron chi connectivity index (χ4n) is 2.59. The van der Waals surface area contributed by atoms with Gasteiger partial charge in [0, 0.05) is 32.2 Å². The van der Waals surface area contributed by atoms with E-state index >= 15 is 0 Å². The Morgan fingerprint density at radius 1 is 1.31 bits per heavy atom. The molecule has 1 aliphatic rings. The summed E-state index contributed by atoms with van der Waals surface area (Å²) in [6.45, 7) is 7.57. The number of rotatable bonds is 5. The molecule has 0 atom stereocenters. The van der Waals surface area contributed by atoms with E-state index in [4.69, 9.17) is 16.3 Å². The highest BCUT2D eigenvalue weighted by Gasteiger charge is 2.19. The van der Waals surface area contributed by atoms with E-state index in [1.165, 1.54) is 11.3 Å². The highest BCUT2D eigenvalue weighted by atomic mass is 35.5. The fraction of sp³-hybridized carbons (Fsp3) is 0.500. The van der Waals surface area contributed by atoms with Gasteiger partial charge in [-0.15, -0.1) is 0 Å². The van der Waals surface area contributed by atoms with Crippen molar-refractivity contribution in [3.63, 3.8) is 0 Å². The lowest BCUT2D eigenvalue weighted by Gasteiger charge is -2.33. The topological polar surface area (TPSA) is 83.5 Å². The van der Waals surface area contributed by atoms with E-state index in [0.29, 0.717) is 33.4 Å². The van der Waals surface area contributed by atoms with Crippen LogP contribution in [0.15, 0.2) is 6.07 Å². The van der Waals surface area contributed by atoms with Crippen molar-refractivity contribution in [1.29, 1.82) is 0 Å². The smallest absolute Gasteiger partial charge is 0.350 e. The molecule has 3 rings (SSSR count). The van der Waals surface area contributed by atoms with Crippen molar-refractivity contribution in [1.82, 2.24) is 19.9 Å². The third-order valence-electron chi connectivity index (χ3n) is 3.98. The number of likely N-dealkylation sites (N-methyl/N-ethyl adjacent to an activating group) is 1. The fourth-order valence-corrected chi connectivity index (χ4v) is 3.62. The first-order valence-corrected chi connectivity index (χ1v) is 9.55. The molecule has 0 aliphatic carbocycles. The van der Waals surface area contributed by atoms with Crippen molar-refractivity contribution < 1.29 is 9.53 Å². The predicted molar refractivity (Wildman–Crippen MR) is 103 cm³/mol. The number of anilines is 3. The molecule has 10 heteroatoms. The average Bonchev–Trinajstić information content (AvgIpc) is 2.95. The van der Waals surface area contributed by atoms with E-state index < -0.39 is 0 Å². The molecule has 1 aliphatic heterocycles. The Kier molecular flexibility index (Phi) is 5.90. The van der Waals surface area contributed by atoms with Gasteiger partial charge in [-0.05, 0) is 20.9 Å². The Hall–Kier alpha value is -1.97. The SMILES string of the molecule is CCOC(=O)c1sc(Nc2nc(Cl)cc(N3CCN(C)CC3)n2)nc1C. The summed E-state index contributed by atoms with van der Waals surface area (Å²) in [5.41, 5.74) is 0.609. The molecule has 0 radical (unpaired) electrons. The molecule has 140 valence electrons. The largest absolute Gasteiger partial charge is 0.462 e. The van der Waals surface area contributed by atoms with Gasteiger partial charge in [0.25, 0.3) is 0 Å². The second-order valence-electron chi connectivity index (χ2n) is 5.94. The number of ether oxygens (including phenoxy) is 1. The number of hydrogen-bond donors (Lipinski definition) is 1. The Morgan fingerprint density at radius 2 is 2.04 bits per heavy atom. The number of thiazole rings is 1. The van der Waals surface area contributed by atoms with Gasteiger partial charge in [-0.2, -0.15) is 4.98 Å². The van der Waals surface area contributed by atoms with Gasteiger partial charge < -0.3 is 14.5 Å². The van der Waals surface area contributed by atoms with Crippen LogP contribution in [0.5, 0.6) is 0 Å². The number of carbonyl (C=O) groups is 1. The maximum atomic E-state index is 11.9. The van der Waals surface area contributed by atoms with E-state index in [1.807, 2.05) is 0 Å². The number of halogens is 1. The molecule has 0 saturated carbocycles. The summed E-state index contributed by atoms with van der Waals surface area (Å²) in [6, 6.07) is 1.76. The van der Waals surface area contributed by atoms with Gasteiger partial charge in [-0.25, -0.2) is 14.8 Å². The van der Waals surface area contributed by atoms with Crippen LogP contribution in [0.25, 0.3) is 0 Å². The summed E-state index contributed by atoms with van der Waals surface area (Å²) in [6.07, 6.45) is 0. The predicted octanol–water partition coefficient (Wildman–Crippen LogP) is 2.57. The quantitative estimate of drug-likeness (QED) is 0.609. The lowest BCUT2D eigenvalue weighted by Crippen LogP contribution is -2.44. The van der Waals surface area contributed by atoms with Crippen molar-refractivity contribution in [3.05, 3.63) is 21.8 Å². The van der Waals surface area contributed by atoms with Crippen LogP contribution in [0, 0.1) is 6.92 Å². The molecule has 0 bridgehead atoms. The zero-order valence-corrected chi connectivity index (χ0v) is 16.5. The Morgan fingerprint density at radius 3 is 2.73 bits per heavy atom. The van der Waals surface area contributed by atoms with E-state index in [0.717, 1.165) is 32.0 Å². The maximum absolute atomic E-state index is 11.9. The van der Waals surface area contributed by atoms with Crippen molar-refractivity contribution in [3.8, 4) is 0 Å². The molecular weight excluding hydrogens is 376 g/mol.